The van der Waals surface area contributed by atoms with E-state index < -0.39 is 0 Å². The van der Waals surface area contributed by atoms with Crippen LogP contribution >= 0.6 is 11.8 Å². The van der Waals surface area contributed by atoms with Gasteiger partial charge in [0.1, 0.15) is 0 Å². The van der Waals surface area contributed by atoms with Gasteiger partial charge < -0.3 is 10.6 Å². The van der Waals surface area contributed by atoms with Gasteiger partial charge in [-0.05, 0) is 47.0 Å². The predicted octanol–water partition coefficient (Wildman–Crippen LogP) is 2.38. The van der Waals surface area contributed by atoms with Gasteiger partial charge in [-0.2, -0.15) is 4.68 Å². The molecule has 2 N–H and O–H groups in total. The summed E-state index contributed by atoms with van der Waals surface area (Å²) < 4.78 is 1.60. The zero-order chi connectivity index (χ0) is 20.6. The highest BCUT2D eigenvalue weighted by Crippen LogP contribution is 2.20. The molecule has 9 heteroatoms. The van der Waals surface area contributed by atoms with Gasteiger partial charge in [0.15, 0.2) is 0 Å². The van der Waals surface area contributed by atoms with Crippen molar-refractivity contribution in [2.75, 3.05) is 17.6 Å². The lowest BCUT2D eigenvalue weighted by atomic mass is 10.1. The van der Waals surface area contributed by atoms with Crippen molar-refractivity contribution in [2.45, 2.75) is 25.4 Å². The second kappa shape index (κ2) is 9.83. The molecule has 0 saturated heterocycles. The van der Waals surface area contributed by atoms with E-state index in [0.29, 0.717) is 5.16 Å². The first-order chi connectivity index (χ1) is 14.1. The molecular weight excluding hydrogens is 388 g/mol. The Morgan fingerprint density at radius 1 is 1.07 bits per heavy atom. The molecule has 8 nitrogen and oxygen atoms in total. The van der Waals surface area contributed by atoms with E-state index in [9.17, 15) is 9.59 Å². The highest BCUT2D eigenvalue weighted by molar-refractivity contribution is 7.99. The van der Waals surface area contributed by atoms with Gasteiger partial charge in [0.2, 0.25) is 17.0 Å². The Kier molecular flexibility index (Phi) is 6.96. The SMILES string of the molecule is CCc1ccccc1NC(=O)CNC(=O)CSc1nnnn1-c1ccccc1C. The summed E-state index contributed by atoms with van der Waals surface area (Å²) in [4.78, 5) is 24.3. The van der Waals surface area contributed by atoms with Gasteiger partial charge in [0, 0.05) is 5.69 Å². The second-order valence-electron chi connectivity index (χ2n) is 6.28. The van der Waals surface area contributed by atoms with E-state index in [4.69, 9.17) is 0 Å². The minimum atomic E-state index is -0.270. The first-order valence-corrected chi connectivity index (χ1v) is 10.2. The van der Waals surface area contributed by atoms with Gasteiger partial charge in [-0.25, -0.2) is 0 Å². The molecule has 0 aliphatic heterocycles. The van der Waals surface area contributed by atoms with Crippen LogP contribution in [0.5, 0.6) is 0 Å². The quantitative estimate of drug-likeness (QED) is 0.553. The largest absolute Gasteiger partial charge is 0.346 e. The normalized spacial score (nSPS) is 10.6. The van der Waals surface area contributed by atoms with Crippen molar-refractivity contribution in [3.05, 3.63) is 59.7 Å². The molecule has 1 heterocycles. The van der Waals surface area contributed by atoms with Crippen molar-refractivity contribution >= 4 is 29.3 Å². The molecule has 1 aromatic heterocycles. The number of nitrogens with one attached hydrogen (secondary N) is 2. The summed E-state index contributed by atoms with van der Waals surface area (Å²) in [6.45, 7) is 3.89. The third-order valence-electron chi connectivity index (χ3n) is 4.24. The first-order valence-electron chi connectivity index (χ1n) is 9.20. The van der Waals surface area contributed by atoms with E-state index >= 15 is 0 Å². The summed E-state index contributed by atoms with van der Waals surface area (Å²) in [5, 5.41) is 17.6. The molecule has 3 rings (SSSR count). The Balaban J connectivity index is 1.51. The van der Waals surface area contributed by atoms with Crippen LogP contribution in [0, 0.1) is 6.92 Å². The van der Waals surface area contributed by atoms with Gasteiger partial charge >= 0.3 is 0 Å². The van der Waals surface area contributed by atoms with Gasteiger partial charge in [-0.1, -0.05) is 55.1 Å². The zero-order valence-corrected chi connectivity index (χ0v) is 17.1. The van der Waals surface area contributed by atoms with Crippen LogP contribution in [0.4, 0.5) is 5.69 Å². The summed E-state index contributed by atoms with van der Waals surface area (Å²) in [6.07, 6.45) is 0.815. The van der Waals surface area contributed by atoms with E-state index in [1.165, 1.54) is 11.8 Å². The summed E-state index contributed by atoms with van der Waals surface area (Å²) in [5.41, 5.74) is 3.69. The molecule has 0 aliphatic rings. The van der Waals surface area contributed by atoms with Gasteiger partial charge in [-0.3, -0.25) is 9.59 Å². The van der Waals surface area contributed by atoms with E-state index in [1.54, 1.807) is 4.68 Å². The maximum absolute atomic E-state index is 12.1. The average molecular weight is 411 g/mol. The van der Waals surface area contributed by atoms with E-state index in [2.05, 4.69) is 26.2 Å². The van der Waals surface area contributed by atoms with E-state index in [0.717, 1.165) is 28.9 Å². The Bertz CT molecular complexity index is 1000. The van der Waals surface area contributed by atoms with Gasteiger partial charge in [0.25, 0.3) is 0 Å². The lowest BCUT2D eigenvalue weighted by Gasteiger charge is -2.10. The first kappa shape index (κ1) is 20.5. The van der Waals surface area contributed by atoms with Crippen molar-refractivity contribution in [3.63, 3.8) is 0 Å². The molecule has 0 bridgehead atoms. The number of aryl methyl sites for hydroxylation is 2. The van der Waals surface area contributed by atoms with Crippen LogP contribution in [0.15, 0.2) is 53.7 Å². The number of carbonyl (C=O) groups excluding carboxylic acids is 2. The Morgan fingerprint density at radius 2 is 1.83 bits per heavy atom. The number of hydrogen-bond donors (Lipinski definition) is 2. The van der Waals surface area contributed by atoms with Crippen LogP contribution in [-0.4, -0.2) is 44.3 Å². The summed E-state index contributed by atoms with van der Waals surface area (Å²) in [6, 6.07) is 15.3. The Hall–Kier alpha value is -3.20. The molecule has 2 amide bonds. The topological polar surface area (TPSA) is 102 Å². The number of nitrogens with zero attached hydrogens (tertiary/aromatic N) is 4. The Labute approximate surface area is 173 Å². The molecule has 0 fully saturated rings. The number of rotatable bonds is 8. The van der Waals surface area contributed by atoms with Crippen molar-refractivity contribution < 1.29 is 9.59 Å². The molecule has 29 heavy (non-hydrogen) atoms. The number of para-hydroxylation sites is 2. The molecule has 0 radical (unpaired) electrons. The number of thioether (sulfide) groups is 1. The number of anilines is 1. The molecule has 0 atom stereocenters. The molecule has 0 unspecified atom stereocenters. The van der Waals surface area contributed by atoms with Crippen LogP contribution in [-0.2, 0) is 16.0 Å². The van der Waals surface area contributed by atoms with Crippen molar-refractivity contribution in [1.82, 2.24) is 25.5 Å². The number of aromatic nitrogens is 4. The predicted molar refractivity (Wildman–Crippen MR) is 112 cm³/mol. The number of carbonyl (C=O) groups is 2. The number of hydrogen-bond acceptors (Lipinski definition) is 6. The van der Waals surface area contributed by atoms with Crippen molar-refractivity contribution in [3.8, 4) is 5.69 Å². The van der Waals surface area contributed by atoms with Gasteiger partial charge in [0.05, 0.1) is 18.0 Å². The highest BCUT2D eigenvalue weighted by atomic mass is 32.2. The standard InChI is InChI=1S/C20H22N6O2S/c1-3-15-9-5-6-10-16(15)22-18(27)12-21-19(28)13-29-20-23-24-25-26(20)17-11-7-4-8-14(17)2/h4-11H,3,12-13H2,1-2H3,(H,21,28)(H,22,27). The van der Waals surface area contributed by atoms with Crippen LogP contribution < -0.4 is 10.6 Å². The van der Waals surface area contributed by atoms with Crippen LogP contribution in [0.1, 0.15) is 18.1 Å². The molecule has 150 valence electrons. The zero-order valence-electron chi connectivity index (χ0n) is 16.3. The lowest BCUT2D eigenvalue weighted by Crippen LogP contribution is -2.34. The fourth-order valence-corrected chi connectivity index (χ4v) is 3.44. The molecule has 0 saturated carbocycles. The minimum absolute atomic E-state index is 0.0970. The smallest absolute Gasteiger partial charge is 0.243 e. The van der Waals surface area contributed by atoms with E-state index in [1.807, 2.05) is 62.4 Å². The van der Waals surface area contributed by atoms with E-state index in [-0.39, 0.29) is 24.1 Å². The maximum Gasteiger partial charge on any atom is 0.243 e. The summed E-state index contributed by atoms with van der Waals surface area (Å²) in [5.74, 6) is -0.437. The van der Waals surface area contributed by atoms with Crippen molar-refractivity contribution in [2.24, 2.45) is 0 Å². The fourth-order valence-electron chi connectivity index (χ4n) is 2.73. The molecule has 2 aromatic carbocycles. The average Bonchev–Trinajstić information content (AvgIpc) is 3.20. The molecule has 0 spiro atoms. The second-order valence-corrected chi connectivity index (χ2v) is 7.23. The molecule has 3 aromatic rings. The highest BCUT2D eigenvalue weighted by Gasteiger charge is 2.13. The molecular formula is C20H22N6O2S. The number of amides is 2. The lowest BCUT2D eigenvalue weighted by molar-refractivity contribution is -0.122. The van der Waals surface area contributed by atoms with Crippen LogP contribution in [0.2, 0.25) is 0 Å². The summed E-state index contributed by atoms with van der Waals surface area (Å²) >= 11 is 1.21. The third kappa shape index (κ3) is 5.41. The maximum atomic E-state index is 12.1. The monoisotopic (exact) mass is 410 g/mol. The molecule has 0 aliphatic carbocycles. The van der Waals surface area contributed by atoms with Gasteiger partial charge in [-0.15, -0.1) is 5.10 Å². The number of tetrazole rings is 1. The van der Waals surface area contributed by atoms with Crippen molar-refractivity contribution in [1.29, 1.82) is 0 Å². The fraction of sp³-hybridized carbons (Fsp3) is 0.250. The minimum Gasteiger partial charge on any atom is -0.346 e. The third-order valence-corrected chi connectivity index (χ3v) is 5.15. The Morgan fingerprint density at radius 3 is 2.62 bits per heavy atom. The van der Waals surface area contributed by atoms with Crippen LogP contribution in [0.25, 0.3) is 5.69 Å². The van der Waals surface area contributed by atoms with Crippen LogP contribution in [0.3, 0.4) is 0 Å². The summed E-state index contributed by atoms with van der Waals surface area (Å²) in [7, 11) is 0. The number of benzene rings is 2.